The van der Waals surface area contributed by atoms with Crippen molar-refractivity contribution in [3.63, 3.8) is 0 Å². The molecule has 1 fully saturated rings. The second-order valence-corrected chi connectivity index (χ2v) is 9.52. The number of carbonyl (C=O) groups is 1. The van der Waals surface area contributed by atoms with Gasteiger partial charge >= 0.3 is 0 Å². The fraction of sp³-hybridized carbons (Fsp3) is 0.360. The molecular formula is C25H28ClN5O3S. The van der Waals surface area contributed by atoms with Crippen LogP contribution in [0.3, 0.4) is 0 Å². The first-order valence-corrected chi connectivity index (χ1v) is 12.8. The van der Waals surface area contributed by atoms with Crippen molar-refractivity contribution in [2.45, 2.75) is 43.3 Å². The summed E-state index contributed by atoms with van der Waals surface area (Å²) in [4.78, 5) is 12.5. The first-order chi connectivity index (χ1) is 17.1. The van der Waals surface area contributed by atoms with Gasteiger partial charge in [0.05, 0.1) is 26.2 Å². The monoisotopic (exact) mass is 513 g/mol. The van der Waals surface area contributed by atoms with E-state index >= 15 is 0 Å². The van der Waals surface area contributed by atoms with Crippen LogP contribution in [0.2, 0.25) is 5.02 Å². The van der Waals surface area contributed by atoms with Crippen LogP contribution >= 0.6 is 23.4 Å². The Labute approximate surface area is 214 Å². The zero-order chi connectivity index (χ0) is 24.6. The van der Waals surface area contributed by atoms with E-state index < -0.39 is 0 Å². The number of ether oxygens (including phenoxy) is 2. The third-order valence-corrected chi connectivity index (χ3v) is 7.06. The number of carbonyl (C=O) groups excluding carboxylic acids is 1. The van der Waals surface area contributed by atoms with Crippen molar-refractivity contribution in [3.8, 4) is 22.9 Å². The van der Waals surface area contributed by atoms with Crippen molar-refractivity contribution in [2.75, 3.05) is 20.0 Å². The zero-order valence-electron chi connectivity index (χ0n) is 19.7. The highest BCUT2D eigenvalue weighted by Gasteiger charge is 2.24. The number of rotatable bonds is 9. The Bertz CT molecular complexity index is 1180. The lowest BCUT2D eigenvalue weighted by Crippen LogP contribution is -2.20. The van der Waals surface area contributed by atoms with Crippen molar-refractivity contribution in [2.24, 2.45) is 5.10 Å². The number of hydrogen-bond acceptors (Lipinski definition) is 7. The molecule has 1 amide bonds. The maximum Gasteiger partial charge on any atom is 0.250 e. The number of para-hydroxylation sites is 1. The van der Waals surface area contributed by atoms with E-state index in [1.165, 1.54) is 37.2 Å². The summed E-state index contributed by atoms with van der Waals surface area (Å²) in [5.74, 6) is 1.88. The zero-order valence-corrected chi connectivity index (χ0v) is 21.3. The molecule has 35 heavy (non-hydrogen) atoms. The van der Waals surface area contributed by atoms with Crippen LogP contribution in [0.25, 0.3) is 11.4 Å². The van der Waals surface area contributed by atoms with E-state index in [0.717, 1.165) is 29.4 Å². The van der Waals surface area contributed by atoms with Crippen LogP contribution in [0.4, 0.5) is 0 Å². The molecule has 184 valence electrons. The number of benzene rings is 2. The Hall–Kier alpha value is -3.04. The number of methoxy groups -OCH3 is 2. The van der Waals surface area contributed by atoms with E-state index in [1.807, 2.05) is 36.4 Å². The molecule has 0 saturated heterocycles. The Morgan fingerprint density at radius 1 is 1.14 bits per heavy atom. The number of amides is 1. The van der Waals surface area contributed by atoms with E-state index in [2.05, 4.69) is 25.3 Å². The summed E-state index contributed by atoms with van der Waals surface area (Å²) < 4.78 is 12.9. The molecule has 1 heterocycles. The van der Waals surface area contributed by atoms with Gasteiger partial charge in [0.25, 0.3) is 5.91 Å². The summed E-state index contributed by atoms with van der Waals surface area (Å²) in [7, 11) is 3.13. The molecule has 1 N–H and O–H groups in total. The van der Waals surface area contributed by atoms with Crippen molar-refractivity contribution >= 4 is 35.5 Å². The van der Waals surface area contributed by atoms with Crippen molar-refractivity contribution in [1.29, 1.82) is 0 Å². The van der Waals surface area contributed by atoms with Crippen LogP contribution in [0.5, 0.6) is 11.5 Å². The van der Waals surface area contributed by atoms with Gasteiger partial charge in [0.2, 0.25) is 0 Å². The standard InChI is InChI=1S/C25H28ClN5O3S/c1-33-21-10-6-7-18(23(21)34-2)15-27-28-22(32)16-35-25-30-29-24(17-11-13-19(26)14-12-17)31(25)20-8-4-3-5-9-20/h6-7,10-15,20H,3-5,8-9,16H2,1-2H3,(H,28,32)/b27-15-. The van der Waals surface area contributed by atoms with Gasteiger partial charge in [0, 0.05) is 22.2 Å². The first-order valence-electron chi connectivity index (χ1n) is 11.5. The predicted octanol–water partition coefficient (Wildman–Crippen LogP) is 5.36. The molecule has 0 unspecified atom stereocenters. The lowest BCUT2D eigenvalue weighted by atomic mass is 9.95. The molecule has 0 aliphatic heterocycles. The Kier molecular flexibility index (Phi) is 8.65. The molecule has 1 aliphatic carbocycles. The van der Waals surface area contributed by atoms with Crippen molar-refractivity contribution in [3.05, 3.63) is 53.1 Å². The van der Waals surface area contributed by atoms with E-state index in [4.69, 9.17) is 21.1 Å². The second kappa shape index (κ2) is 12.1. The SMILES string of the molecule is COc1cccc(/C=N\NC(=O)CSc2nnc(-c3ccc(Cl)cc3)n2C2CCCCC2)c1OC. The van der Waals surface area contributed by atoms with E-state index in [1.54, 1.807) is 20.3 Å². The quantitative estimate of drug-likeness (QED) is 0.235. The van der Waals surface area contributed by atoms with Gasteiger partial charge < -0.3 is 9.47 Å². The minimum atomic E-state index is -0.237. The normalized spacial score (nSPS) is 14.3. The molecule has 0 atom stereocenters. The molecular weight excluding hydrogens is 486 g/mol. The molecule has 1 aliphatic rings. The fourth-order valence-electron chi connectivity index (χ4n) is 4.19. The number of hydrazone groups is 1. The number of aromatic nitrogens is 3. The van der Waals surface area contributed by atoms with Gasteiger partial charge in [0.15, 0.2) is 22.5 Å². The van der Waals surface area contributed by atoms with Crippen LogP contribution in [0, 0.1) is 0 Å². The van der Waals surface area contributed by atoms with E-state index in [0.29, 0.717) is 28.1 Å². The second-order valence-electron chi connectivity index (χ2n) is 8.14. The highest BCUT2D eigenvalue weighted by molar-refractivity contribution is 7.99. The number of thioether (sulfide) groups is 1. The van der Waals surface area contributed by atoms with Crippen LogP contribution < -0.4 is 14.9 Å². The summed E-state index contributed by atoms with van der Waals surface area (Å²) in [6.45, 7) is 0. The van der Waals surface area contributed by atoms with Gasteiger partial charge in [-0.15, -0.1) is 10.2 Å². The summed E-state index contributed by atoms with van der Waals surface area (Å²) in [6.07, 6.45) is 7.28. The lowest BCUT2D eigenvalue weighted by Gasteiger charge is -2.25. The molecule has 3 aromatic rings. The van der Waals surface area contributed by atoms with Gasteiger partial charge in [-0.1, -0.05) is 48.7 Å². The predicted molar refractivity (Wildman–Crippen MR) is 139 cm³/mol. The minimum absolute atomic E-state index is 0.165. The summed E-state index contributed by atoms with van der Waals surface area (Å²) in [5, 5.41) is 14.4. The van der Waals surface area contributed by atoms with E-state index in [9.17, 15) is 4.79 Å². The molecule has 2 aromatic carbocycles. The van der Waals surface area contributed by atoms with Gasteiger partial charge in [-0.25, -0.2) is 5.43 Å². The maximum absolute atomic E-state index is 12.5. The average Bonchev–Trinajstić information content (AvgIpc) is 3.32. The van der Waals surface area contributed by atoms with Gasteiger partial charge in [0.1, 0.15) is 0 Å². The molecule has 0 spiro atoms. The molecule has 0 bridgehead atoms. The summed E-state index contributed by atoms with van der Waals surface area (Å²) >= 11 is 7.43. The Balaban J connectivity index is 1.45. The largest absolute Gasteiger partial charge is 0.493 e. The van der Waals surface area contributed by atoms with Crippen LogP contribution in [0.15, 0.2) is 52.7 Å². The van der Waals surface area contributed by atoms with Crippen molar-refractivity contribution < 1.29 is 14.3 Å². The third-order valence-electron chi connectivity index (χ3n) is 5.87. The van der Waals surface area contributed by atoms with E-state index in [-0.39, 0.29) is 11.7 Å². The Morgan fingerprint density at radius 2 is 1.91 bits per heavy atom. The van der Waals surface area contributed by atoms with Gasteiger partial charge in [-0.05, 0) is 49.2 Å². The fourth-order valence-corrected chi connectivity index (χ4v) is 5.11. The van der Waals surface area contributed by atoms with Crippen LogP contribution in [-0.2, 0) is 4.79 Å². The van der Waals surface area contributed by atoms with Gasteiger partial charge in [-0.3, -0.25) is 9.36 Å². The smallest absolute Gasteiger partial charge is 0.250 e. The number of halogens is 1. The number of hydrogen-bond donors (Lipinski definition) is 1. The molecule has 0 radical (unpaired) electrons. The average molecular weight is 514 g/mol. The summed E-state index contributed by atoms with van der Waals surface area (Å²) in [5.41, 5.74) is 4.23. The Morgan fingerprint density at radius 3 is 2.63 bits per heavy atom. The highest BCUT2D eigenvalue weighted by Crippen LogP contribution is 2.36. The maximum atomic E-state index is 12.5. The van der Waals surface area contributed by atoms with Crippen LogP contribution in [0.1, 0.15) is 43.7 Å². The number of nitrogens with one attached hydrogen (secondary N) is 1. The topological polar surface area (TPSA) is 90.6 Å². The molecule has 1 saturated carbocycles. The minimum Gasteiger partial charge on any atom is -0.493 e. The van der Waals surface area contributed by atoms with Crippen LogP contribution in [-0.4, -0.2) is 46.9 Å². The lowest BCUT2D eigenvalue weighted by molar-refractivity contribution is -0.118. The molecule has 1 aromatic heterocycles. The van der Waals surface area contributed by atoms with Gasteiger partial charge in [-0.2, -0.15) is 5.10 Å². The molecule has 10 heteroatoms. The highest BCUT2D eigenvalue weighted by atomic mass is 35.5. The van der Waals surface area contributed by atoms with Crippen molar-refractivity contribution in [1.82, 2.24) is 20.2 Å². The first kappa shape index (κ1) is 25.1. The number of nitrogens with zero attached hydrogens (tertiary/aromatic N) is 4. The third kappa shape index (κ3) is 6.15. The molecule has 4 rings (SSSR count). The summed E-state index contributed by atoms with van der Waals surface area (Å²) in [6, 6.07) is 13.4. The molecule has 8 nitrogen and oxygen atoms in total.